The number of benzene rings is 3. The highest BCUT2D eigenvalue weighted by atomic mass is 16.3. The zero-order valence-electron chi connectivity index (χ0n) is 9.67. The van der Waals surface area contributed by atoms with Crippen molar-refractivity contribution in [3.8, 4) is 0 Å². The Hall–Kier alpha value is -1.90. The summed E-state index contributed by atoms with van der Waals surface area (Å²) in [5.74, 6) is 0. The summed E-state index contributed by atoms with van der Waals surface area (Å²) in [5, 5.41) is 24.8. The first-order valence-electron chi connectivity index (χ1n) is 6.08. The maximum absolute atomic E-state index is 10.2. The molecule has 0 heterocycles. The molecule has 2 nitrogen and oxygen atoms in total. The summed E-state index contributed by atoms with van der Waals surface area (Å²) >= 11 is 0. The summed E-state index contributed by atoms with van der Waals surface area (Å²) in [4.78, 5) is 0. The molecule has 0 unspecified atom stereocenters. The van der Waals surface area contributed by atoms with Gasteiger partial charge in [-0.1, -0.05) is 48.5 Å². The van der Waals surface area contributed by atoms with Gasteiger partial charge in [-0.2, -0.15) is 0 Å². The Morgan fingerprint density at radius 1 is 0.611 bits per heavy atom. The van der Waals surface area contributed by atoms with Gasteiger partial charge in [0.25, 0.3) is 0 Å². The first kappa shape index (κ1) is 10.1. The Kier molecular flexibility index (Phi) is 1.85. The van der Waals surface area contributed by atoms with Crippen molar-refractivity contribution in [2.45, 2.75) is 12.2 Å². The van der Waals surface area contributed by atoms with Crippen LogP contribution in [0.4, 0.5) is 0 Å². The molecule has 0 saturated heterocycles. The molecule has 2 atom stereocenters. The second-order valence-corrected chi connectivity index (χ2v) is 4.85. The van der Waals surface area contributed by atoms with E-state index in [1.165, 1.54) is 0 Å². The molecule has 0 amide bonds. The Morgan fingerprint density at radius 3 is 1.50 bits per heavy atom. The molecule has 4 rings (SSSR count). The highest BCUT2D eigenvalue weighted by Gasteiger charge is 2.29. The fraction of sp³-hybridized carbons (Fsp3) is 0.125. The lowest BCUT2D eigenvalue weighted by Gasteiger charge is -2.27. The molecule has 2 heteroatoms. The predicted octanol–water partition coefficient (Wildman–Crippen LogP) is 3.07. The van der Waals surface area contributed by atoms with E-state index in [4.69, 9.17) is 0 Å². The molecule has 88 valence electrons. The largest absolute Gasteiger partial charge is 0.385 e. The van der Waals surface area contributed by atoms with Gasteiger partial charge in [0, 0.05) is 0 Å². The van der Waals surface area contributed by atoms with Crippen molar-refractivity contribution < 1.29 is 10.2 Å². The number of rotatable bonds is 0. The predicted molar refractivity (Wildman–Crippen MR) is 71.4 cm³/mol. The van der Waals surface area contributed by atoms with Crippen LogP contribution in [-0.4, -0.2) is 10.2 Å². The van der Waals surface area contributed by atoms with Crippen LogP contribution >= 0.6 is 0 Å². The molecule has 0 spiro atoms. The summed E-state index contributed by atoms with van der Waals surface area (Å²) in [7, 11) is 0. The summed E-state index contributed by atoms with van der Waals surface area (Å²) in [6.45, 7) is 0. The summed E-state index contributed by atoms with van der Waals surface area (Å²) < 4.78 is 0. The molecule has 1 aliphatic carbocycles. The fourth-order valence-corrected chi connectivity index (χ4v) is 3.05. The minimum atomic E-state index is -0.839. The van der Waals surface area contributed by atoms with Gasteiger partial charge in [0.05, 0.1) is 0 Å². The molecular formula is C16H12O2. The van der Waals surface area contributed by atoms with Crippen LogP contribution in [0.3, 0.4) is 0 Å². The van der Waals surface area contributed by atoms with E-state index >= 15 is 0 Å². The van der Waals surface area contributed by atoms with Crippen molar-refractivity contribution in [1.82, 2.24) is 0 Å². The zero-order chi connectivity index (χ0) is 12.3. The Bertz CT molecular complexity index is 710. The average molecular weight is 236 g/mol. The van der Waals surface area contributed by atoms with Crippen molar-refractivity contribution >= 4 is 21.5 Å². The SMILES string of the molecule is O[C@@H]1c2cccc3ccc4cccc(c4c23)[C@H]1O. The van der Waals surface area contributed by atoms with E-state index in [2.05, 4.69) is 12.1 Å². The Morgan fingerprint density at radius 2 is 1.06 bits per heavy atom. The lowest BCUT2D eigenvalue weighted by Crippen LogP contribution is -2.15. The van der Waals surface area contributed by atoms with Crippen LogP contribution in [-0.2, 0) is 0 Å². The molecule has 2 N–H and O–H groups in total. The normalized spacial score (nSPS) is 21.9. The molecule has 0 fully saturated rings. The molecule has 0 saturated carbocycles. The number of hydrogen-bond acceptors (Lipinski definition) is 2. The number of aliphatic hydroxyl groups excluding tert-OH is 2. The molecular weight excluding hydrogens is 224 g/mol. The second-order valence-electron chi connectivity index (χ2n) is 4.85. The third-order valence-electron chi connectivity index (χ3n) is 3.89. The molecule has 18 heavy (non-hydrogen) atoms. The van der Waals surface area contributed by atoms with E-state index < -0.39 is 12.2 Å². The van der Waals surface area contributed by atoms with E-state index in [1.807, 2.05) is 36.4 Å². The molecule has 0 radical (unpaired) electrons. The van der Waals surface area contributed by atoms with E-state index in [0.29, 0.717) is 0 Å². The maximum atomic E-state index is 10.2. The smallest absolute Gasteiger partial charge is 0.110 e. The van der Waals surface area contributed by atoms with Gasteiger partial charge in [0.2, 0.25) is 0 Å². The highest BCUT2D eigenvalue weighted by Crippen LogP contribution is 2.44. The van der Waals surface area contributed by atoms with Crippen LogP contribution in [0, 0.1) is 0 Å². The van der Waals surface area contributed by atoms with Crippen LogP contribution in [0.1, 0.15) is 23.3 Å². The number of aliphatic hydroxyl groups is 2. The number of hydrogen-bond donors (Lipinski definition) is 2. The molecule has 3 aromatic carbocycles. The van der Waals surface area contributed by atoms with Gasteiger partial charge in [-0.25, -0.2) is 0 Å². The monoisotopic (exact) mass is 236 g/mol. The van der Waals surface area contributed by atoms with Crippen LogP contribution < -0.4 is 0 Å². The van der Waals surface area contributed by atoms with Gasteiger partial charge in [-0.05, 0) is 32.7 Å². The first-order valence-corrected chi connectivity index (χ1v) is 6.08. The van der Waals surface area contributed by atoms with Gasteiger partial charge < -0.3 is 10.2 Å². The Labute approximate surface area is 104 Å². The highest BCUT2D eigenvalue weighted by molar-refractivity contribution is 6.12. The second kappa shape index (κ2) is 3.31. The van der Waals surface area contributed by atoms with Gasteiger partial charge in [0.1, 0.15) is 12.2 Å². The van der Waals surface area contributed by atoms with Crippen molar-refractivity contribution in [2.75, 3.05) is 0 Å². The summed E-state index contributed by atoms with van der Waals surface area (Å²) in [6.07, 6.45) is -1.68. The van der Waals surface area contributed by atoms with Crippen molar-refractivity contribution in [1.29, 1.82) is 0 Å². The fourth-order valence-electron chi connectivity index (χ4n) is 3.05. The molecule has 0 aliphatic heterocycles. The van der Waals surface area contributed by atoms with Crippen LogP contribution in [0.2, 0.25) is 0 Å². The van der Waals surface area contributed by atoms with Gasteiger partial charge in [-0.3, -0.25) is 0 Å². The summed E-state index contributed by atoms with van der Waals surface area (Å²) in [6, 6.07) is 15.8. The van der Waals surface area contributed by atoms with Crippen molar-refractivity contribution in [2.24, 2.45) is 0 Å². The van der Waals surface area contributed by atoms with E-state index in [-0.39, 0.29) is 0 Å². The minimum Gasteiger partial charge on any atom is -0.385 e. The topological polar surface area (TPSA) is 40.5 Å². The summed E-state index contributed by atoms with van der Waals surface area (Å²) in [5.41, 5.74) is 1.65. The van der Waals surface area contributed by atoms with Gasteiger partial charge in [-0.15, -0.1) is 0 Å². The Balaban J connectivity index is 2.36. The van der Waals surface area contributed by atoms with Crippen LogP contribution in [0.15, 0.2) is 48.5 Å². The third kappa shape index (κ3) is 1.09. The molecule has 0 aromatic heterocycles. The lowest BCUT2D eigenvalue weighted by atomic mass is 9.83. The maximum Gasteiger partial charge on any atom is 0.110 e. The molecule has 1 aliphatic rings. The van der Waals surface area contributed by atoms with E-state index in [0.717, 1.165) is 32.7 Å². The van der Waals surface area contributed by atoms with Crippen molar-refractivity contribution in [3.63, 3.8) is 0 Å². The van der Waals surface area contributed by atoms with Crippen LogP contribution in [0.25, 0.3) is 21.5 Å². The van der Waals surface area contributed by atoms with E-state index in [1.54, 1.807) is 0 Å². The van der Waals surface area contributed by atoms with E-state index in [9.17, 15) is 10.2 Å². The van der Waals surface area contributed by atoms with Gasteiger partial charge >= 0.3 is 0 Å². The standard InChI is InChI=1S/C16H12O2/c17-15-11-5-1-3-9-7-8-10-4-2-6-12(16(15)18)14(10)13(9)11/h1-8,15-18H/t15-,16-/m1/s1. The lowest BCUT2D eigenvalue weighted by molar-refractivity contribution is 0.0178. The molecule has 0 bridgehead atoms. The quantitative estimate of drug-likeness (QED) is 0.589. The third-order valence-corrected chi connectivity index (χ3v) is 3.89. The van der Waals surface area contributed by atoms with Crippen molar-refractivity contribution in [3.05, 3.63) is 59.7 Å². The van der Waals surface area contributed by atoms with Gasteiger partial charge in [0.15, 0.2) is 0 Å². The first-order chi connectivity index (χ1) is 8.77. The zero-order valence-corrected chi connectivity index (χ0v) is 9.67. The average Bonchev–Trinajstić information content (AvgIpc) is 2.43. The van der Waals surface area contributed by atoms with Crippen LogP contribution in [0.5, 0.6) is 0 Å². The molecule has 3 aromatic rings. The minimum absolute atomic E-state index is 0.823.